The summed E-state index contributed by atoms with van der Waals surface area (Å²) in [5.41, 5.74) is 0.324. The van der Waals surface area contributed by atoms with Gasteiger partial charge in [0.25, 0.3) is 0 Å². The molecule has 0 fully saturated rings. The fourth-order valence-electron chi connectivity index (χ4n) is 1.77. The van der Waals surface area contributed by atoms with Gasteiger partial charge in [0.1, 0.15) is 0 Å². The van der Waals surface area contributed by atoms with E-state index in [1.54, 1.807) is 23.9 Å². The molecule has 0 saturated carbocycles. The van der Waals surface area contributed by atoms with Crippen molar-refractivity contribution in [2.45, 2.75) is 25.6 Å². The minimum absolute atomic E-state index is 0.129. The number of hydrogen-bond acceptors (Lipinski definition) is 2. The lowest BCUT2D eigenvalue weighted by Gasteiger charge is -2.18. The van der Waals surface area contributed by atoms with E-state index in [1.807, 2.05) is 13.2 Å². The second-order valence-corrected chi connectivity index (χ2v) is 5.00. The number of alkyl halides is 3. The predicted molar refractivity (Wildman–Crippen MR) is 70.9 cm³/mol. The van der Waals surface area contributed by atoms with Gasteiger partial charge in [-0.15, -0.1) is 0 Å². The van der Waals surface area contributed by atoms with Crippen molar-refractivity contribution in [2.75, 3.05) is 18.6 Å². The molecule has 0 heterocycles. The van der Waals surface area contributed by atoms with Gasteiger partial charge >= 0.3 is 6.18 Å². The average Bonchev–Trinajstić information content (AvgIpc) is 2.33. The summed E-state index contributed by atoms with van der Waals surface area (Å²) in [6.07, 6.45) is -1.32. The second kappa shape index (κ2) is 7.04. The Morgan fingerprint density at radius 2 is 1.83 bits per heavy atom. The Labute approximate surface area is 110 Å². The molecule has 1 rings (SSSR count). The summed E-state index contributed by atoms with van der Waals surface area (Å²) in [5, 5.41) is 3.30. The second-order valence-electron chi connectivity index (χ2n) is 4.01. The van der Waals surface area contributed by atoms with Crippen LogP contribution in [0.25, 0.3) is 0 Å². The summed E-state index contributed by atoms with van der Waals surface area (Å²) in [6, 6.07) is 5.56. The average molecular weight is 277 g/mol. The van der Waals surface area contributed by atoms with Crippen LogP contribution in [0, 0.1) is 0 Å². The van der Waals surface area contributed by atoms with Crippen LogP contribution in [0.4, 0.5) is 13.2 Å². The minimum Gasteiger partial charge on any atom is -0.310 e. The molecule has 18 heavy (non-hydrogen) atoms. The molecule has 1 aromatic carbocycles. The summed E-state index contributed by atoms with van der Waals surface area (Å²) in [6.45, 7) is 2.80. The Hall–Kier alpha value is -0.680. The molecule has 0 radical (unpaired) electrons. The van der Waals surface area contributed by atoms with Crippen LogP contribution < -0.4 is 5.32 Å². The topological polar surface area (TPSA) is 12.0 Å². The van der Waals surface area contributed by atoms with Gasteiger partial charge in [0.15, 0.2) is 0 Å². The molecule has 0 saturated heterocycles. The maximum absolute atomic E-state index is 12.5. The van der Waals surface area contributed by atoms with Crippen LogP contribution in [-0.2, 0) is 6.18 Å². The third-order valence-corrected chi connectivity index (χ3v) is 3.35. The van der Waals surface area contributed by atoms with Gasteiger partial charge < -0.3 is 5.32 Å². The molecule has 1 atom stereocenters. The lowest BCUT2D eigenvalue weighted by atomic mass is 10.0. The SMILES string of the molecule is CCNC(CCSC)c1ccc(C(F)(F)F)cc1. The Morgan fingerprint density at radius 3 is 2.28 bits per heavy atom. The number of benzene rings is 1. The highest BCUT2D eigenvalue weighted by Crippen LogP contribution is 2.30. The van der Waals surface area contributed by atoms with Crippen molar-refractivity contribution in [2.24, 2.45) is 0 Å². The van der Waals surface area contributed by atoms with Crippen molar-refractivity contribution < 1.29 is 13.2 Å². The minimum atomic E-state index is -4.26. The summed E-state index contributed by atoms with van der Waals surface area (Å²) >= 11 is 1.74. The fraction of sp³-hybridized carbons (Fsp3) is 0.538. The van der Waals surface area contributed by atoms with Crippen LogP contribution in [0.1, 0.15) is 30.5 Å². The van der Waals surface area contributed by atoms with Crippen LogP contribution in [0.3, 0.4) is 0 Å². The Kier molecular flexibility index (Phi) is 6.02. The first-order valence-corrected chi connectivity index (χ1v) is 7.28. The summed E-state index contributed by atoms with van der Waals surface area (Å²) in [7, 11) is 0. The van der Waals surface area contributed by atoms with E-state index in [4.69, 9.17) is 0 Å². The molecular formula is C13H18F3NS. The maximum atomic E-state index is 12.5. The highest BCUT2D eigenvalue weighted by Gasteiger charge is 2.30. The molecule has 0 spiro atoms. The van der Waals surface area contributed by atoms with E-state index in [0.717, 1.165) is 36.4 Å². The van der Waals surface area contributed by atoms with Crippen molar-refractivity contribution in [3.63, 3.8) is 0 Å². The van der Waals surface area contributed by atoms with Crippen LogP contribution in [-0.4, -0.2) is 18.6 Å². The zero-order valence-corrected chi connectivity index (χ0v) is 11.4. The van der Waals surface area contributed by atoms with Gasteiger partial charge in [-0.05, 0) is 42.7 Å². The first-order chi connectivity index (χ1) is 8.49. The summed E-state index contributed by atoms with van der Waals surface area (Å²) in [4.78, 5) is 0. The van der Waals surface area contributed by atoms with E-state index in [0.29, 0.717) is 0 Å². The molecule has 1 nitrogen and oxygen atoms in total. The van der Waals surface area contributed by atoms with Gasteiger partial charge in [-0.3, -0.25) is 0 Å². The largest absolute Gasteiger partial charge is 0.416 e. The summed E-state index contributed by atoms with van der Waals surface area (Å²) < 4.78 is 37.4. The van der Waals surface area contributed by atoms with E-state index in [1.165, 1.54) is 0 Å². The van der Waals surface area contributed by atoms with E-state index in [-0.39, 0.29) is 6.04 Å². The van der Waals surface area contributed by atoms with Crippen molar-refractivity contribution in [1.82, 2.24) is 5.32 Å². The number of halogens is 3. The van der Waals surface area contributed by atoms with Crippen molar-refractivity contribution >= 4 is 11.8 Å². The van der Waals surface area contributed by atoms with Gasteiger partial charge in [0.05, 0.1) is 5.56 Å². The van der Waals surface area contributed by atoms with Crippen molar-refractivity contribution in [3.05, 3.63) is 35.4 Å². The Balaban J connectivity index is 2.79. The Morgan fingerprint density at radius 1 is 1.22 bits per heavy atom. The zero-order chi connectivity index (χ0) is 13.6. The fourth-order valence-corrected chi connectivity index (χ4v) is 2.24. The van der Waals surface area contributed by atoms with E-state index in [9.17, 15) is 13.2 Å². The maximum Gasteiger partial charge on any atom is 0.416 e. The molecule has 0 aliphatic carbocycles. The molecule has 0 aromatic heterocycles. The van der Waals surface area contributed by atoms with E-state index >= 15 is 0 Å². The van der Waals surface area contributed by atoms with Gasteiger partial charge in [-0.1, -0.05) is 19.1 Å². The number of rotatable bonds is 6. The van der Waals surface area contributed by atoms with Gasteiger partial charge in [-0.25, -0.2) is 0 Å². The van der Waals surface area contributed by atoms with Gasteiger partial charge in [0, 0.05) is 6.04 Å². The lowest BCUT2D eigenvalue weighted by Crippen LogP contribution is -2.21. The third kappa shape index (κ3) is 4.53. The molecule has 102 valence electrons. The third-order valence-electron chi connectivity index (χ3n) is 2.70. The number of nitrogens with one attached hydrogen (secondary N) is 1. The molecule has 1 N–H and O–H groups in total. The Bertz CT molecular complexity index is 348. The van der Waals surface area contributed by atoms with E-state index in [2.05, 4.69) is 5.32 Å². The summed E-state index contributed by atoms with van der Waals surface area (Å²) in [5.74, 6) is 0.985. The molecule has 0 bridgehead atoms. The van der Waals surface area contributed by atoms with Crippen LogP contribution in [0.2, 0.25) is 0 Å². The lowest BCUT2D eigenvalue weighted by molar-refractivity contribution is -0.137. The van der Waals surface area contributed by atoms with Gasteiger partial charge in [0.2, 0.25) is 0 Å². The molecule has 1 aromatic rings. The van der Waals surface area contributed by atoms with E-state index < -0.39 is 11.7 Å². The highest BCUT2D eigenvalue weighted by atomic mass is 32.2. The number of hydrogen-bond donors (Lipinski definition) is 1. The van der Waals surface area contributed by atoms with Crippen LogP contribution in [0.15, 0.2) is 24.3 Å². The molecule has 0 aliphatic heterocycles. The van der Waals surface area contributed by atoms with Crippen molar-refractivity contribution in [3.8, 4) is 0 Å². The highest BCUT2D eigenvalue weighted by molar-refractivity contribution is 7.98. The number of thioether (sulfide) groups is 1. The zero-order valence-electron chi connectivity index (χ0n) is 10.6. The molecule has 0 aliphatic rings. The standard InChI is InChI=1S/C13H18F3NS/c1-3-17-12(8-9-18-2)10-4-6-11(7-5-10)13(14,15)16/h4-7,12,17H,3,8-9H2,1-2H3. The predicted octanol–water partition coefficient (Wildman–Crippen LogP) is 4.11. The van der Waals surface area contributed by atoms with Crippen molar-refractivity contribution in [1.29, 1.82) is 0 Å². The monoisotopic (exact) mass is 277 g/mol. The first kappa shape index (κ1) is 15.4. The smallest absolute Gasteiger partial charge is 0.310 e. The molecular weight excluding hydrogens is 259 g/mol. The van der Waals surface area contributed by atoms with Crippen LogP contribution in [0.5, 0.6) is 0 Å². The first-order valence-electron chi connectivity index (χ1n) is 5.88. The molecule has 0 amide bonds. The quantitative estimate of drug-likeness (QED) is 0.840. The normalized spacial score (nSPS) is 13.6. The molecule has 1 unspecified atom stereocenters. The molecule has 5 heteroatoms. The van der Waals surface area contributed by atoms with Gasteiger partial charge in [-0.2, -0.15) is 24.9 Å². The van der Waals surface area contributed by atoms with Crippen LogP contribution >= 0.6 is 11.8 Å².